The topological polar surface area (TPSA) is 50.7 Å². The van der Waals surface area contributed by atoms with Crippen LogP contribution in [0.15, 0.2) is 90.0 Å². The van der Waals surface area contributed by atoms with Gasteiger partial charge in [-0.2, -0.15) is 5.10 Å². The van der Waals surface area contributed by atoms with E-state index < -0.39 is 0 Å². The number of hydrazone groups is 1. The average molecular weight is 449 g/mol. The van der Waals surface area contributed by atoms with Crippen LogP contribution in [0.3, 0.4) is 0 Å². The first-order valence-electron chi connectivity index (χ1n) is 9.58. The summed E-state index contributed by atoms with van der Waals surface area (Å²) >= 11 is 11.8. The molecule has 1 N–H and O–H groups in total. The summed E-state index contributed by atoms with van der Waals surface area (Å²) in [4.78, 5) is 12.1. The maximum absolute atomic E-state index is 12.1. The molecule has 4 aromatic rings. The smallest absolute Gasteiger partial charge is 0.271 e. The highest BCUT2D eigenvalue weighted by molar-refractivity contribution is 6.42. The van der Waals surface area contributed by atoms with Crippen molar-refractivity contribution in [3.05, 3.63) is 112 Å². The van der Waals surface area contributed by atoms with Crippen LogP contribution in [-0.4, -0.2) is 12.1 Å². The molecule has 0 unspecified atom stereocenters. The van der Waals surface area contributed by atoms with E-state index in [-0.39, 0.29) is 5.91 Å². The summed E-state index contributed by atoms with van der Waals surface area (Å²) in [5.41, 5.74) is 4.81. The Hall–Kier alpha value is -3.34. The monoisotopic (exact) mass is 448 g/mol. The van der Waals surface area contributed by atoms with E-state index in [1.54, 1.807) is 18.3 Å². The number of carbonyl (C=O) groups excluding carboxylic acids is 1. The number of hydrogen-bond acceptors (Lipinski definition) is 3. The molecule has 0 saturated heterocycles. The summed E-state index contributed by atoms with van der Waals surface area (Å²) in [5.74, 6) is 0.384. The number of rotatable bonds is 6. The molecule has 0 radical (unpaired) electrons. The van der Waals surface area contributed by atoms with Crippen molar-refractivity contribution in [3.8, 4) is 5.75 Å². The first-order valence-corrected chi connectivity index (χ1v) is 10.3. The van der Waals surface area contributed by atoms with Crippen molar-refractivity contribution >= 4 is 46.1 Å². The van der Waals surface area contributed by atoms with E-state index in [0.717, 1.165) is 16.9 Å². The lowest BCUT2D eigenvalue weighted by Crippen LogP contribution is -2.17. The van der Waals surface area contributed by atoms with Crippen LogP contribution in [0.4, 0.5) is 0 Å². The summed E-state index contributed by atoms with van der Waals surface area (Å²) in [6.45, 7) is 0.481. The molecule has 0 bridgehead atoms. The Bertz CT molecular complexity index is 1250. The van der Waals surface area contributed by atoms with Gasteiger partial charge in [-0.1, -0.05) is 65.7 Å². The van der Waals surface area contributed by atoms with E-state index in [4.69, 9.17) is 27.9 Å². The van der Waals surface area contributed by atoms with Gasteiger partial charge in [0.25, 0.3) is 5.91 Å². The molecule has 1 amide bonds. The number of benzene rings is 4. The van der Waals surface area contributed by atoms with Gasteiger partial charge in [-0.25, -0.2) is 5.43 Å². The molecule has 0 aliphatic rings. The van der Waals surface area contributed by atoms with Crippen LogP contribution in [-0.2, 0) is 6.61 Å². The molecule has 154 valence electrons. The minimum atomic E-state index is -0.371. The van der Waals surface area contributed by atoms with Crippen molar-refractivity contribution < 1.29 is 9.53 Å². The molecular weight excluding hydrogens is 431 g/mol. The van der Waals surface area contributed by atoms with Gasteiger partial charge >= 0.3 is 0 Å². The number of halogens is 2. The number of amides is 1. The van der Waals surface area contributed by atoms with Crippen LogP contribution in [0.25, 0.3) is 10.8 Å². The zero-order chi connectivity index (χ0) is 21.6. The van der Waals surface area contributed by atoms with Crippen molar-refractivity contribution in [1.82, 2.24) is 5.43 Å². The molecule has 0 fully saturated rings. The number of hydrogen-bond donors (Lipinski definition) is 1. The van der Waals surface area contributed by atoms with E-state index in [2.05, 4.69) is 34.8 Å². The van der Waals surface area contributed by atoms with Crippen LogP contribution >= 0.6 is 23.2 Å². The first-order chi connectivity index (χ1) is 15.1. The fourth-order valence-corrected chi connectivity index (χ4v) is 3.40. The third-order valence-corrected chi connectivity index (χ3v) is 5.45. The predicted molar refractivity (Wildman–Crippen MR) is 126 cm³/mol. The Morgan fingerprint density at radius 1 is 0.903 bits per heavy atom. The molecule has 4 rings (SSSR count). The fourth-order valence-electron chi connectivity index (χ4n) is 3.10. The van der Waals surface area contributed by atoms with Crippen molar-refractivity contribution in [2.45, 2.75) is 6.61 Å². The predicted octanol–water partition coefficient (Wildman–Crippen LogP) is 6.49. The lowest BCUT2D eigenvalue weighted by Gasteiger charge is -2.09. The molecular formula is C25H18Cl2N2O2. The lowest BCUT2D eigenvalue weighted by atomic mass is 10.1. The zero-order valence-electron chi connectivity index (χ0n) is 16.4. The zero-order valence-corrected chi connectivity index (χ0v) is 17.9. The number of nitrogens with one attached hydrogen (secondary N) is 1. The van der Waals surface area contributed by atoms with Gasteiger partial charge in [-0.15, -0.1) is 0 Å². The second-order valence-electron chi connectivity index (χ2n) is 6.82. The molecule has 0 heterocycles. The van der Waals surface area contributed by atoms with Crippen LogP contribution in [0.5, 0.6) is 5.75 Å². The van der Waals surface area contributed by atoms with Gasteiger partial charge in [0.15, 0.2) is 0 Å². The van der Waals surface area contributed by atoms with E-state index in [9.17, 15) is 4.79 Å². The van der Waals surface area contributed by atoms with Gasteiger partial charge in [-0.3, -0.25) is 4.79 Å². The van der Waals surface area contributed by atoms with Crippen LogP contribution in [0, 0.1) is 0 Å². The molecule has 0 aromatic heterocycles. The summed E-state index contributed by atoms with van der Waals surface area (Å²) < 4.78 is 5.94. The van der Waals surface area contributed by atoms with Crippen molar-refractivity contribution in [2.24, 2.45) is 5.10 Å². The van der Waals surface area contributed by atoms with E-state index in [1.165, 1.54) is 16.8 Å². The third-order valence-electron chi connectivity index (χ3n) is 4.72. The average Bonchev–Trinajstić information content (AvgIpc) is 2.80. The van der Waals surface area contributed by atoms with Crippen LogP contribution in [0.1, 0.15) is 21.5 Å². The molecule has 4 nitrogen and oxygen atoms in total. The molecule has 4 aromatic carbocycles. The highest BCUT2D eigenvalue weighted by Crippen LogP contribution is 2.23. The lowest BCUT2D eigenvalue weighted by molar-refractivity contribution is 0.0955. The Labute approximate surface area is 190 Å². The summed E-state index contributed by atoms with van der Waals surface area (Å²) in [7, 11) is 0. The Morgan fingerprint density at radius 3 is 2.48 bits per heavy atom. The Kier molecular flexibility index (Phi) is 6.51. The Balaban J connectivity index is 1.34. The van der Waals surface area contributed by atoms with Gasteiger partial charge in [0, 0.05) is 5.56 Å². The molecule has 0 spiro atoms. The first kappa shape index (κ1) is 20.9. The number of carbonyl (C=O) groups is 1. The summed E-state index contributed by atoms with van der Waals surface area (Å²) in [5, 5.41) is 7.08. The minimum absolute atomic E-state index is 0.317. The van der Waals surface area contributed by atoms with Crippen molar-refractivity contribution in [3.63, 3.8) is 0 Å². The van der Waals surface area contributed by atoms with Crippen molar-refractivity contribution in [2.75, 3.05) is 0 Å². The van der Waals surface area contributed by atoms with Gasteiger partial charge in [0.2, 0.25) is 0 Å². The van der Waals surface area contributed by atoms with Gasteiger partial charge in [0.05, 0.1) is 16.3 Å². The van der Waals surface area contributed by atoms with Crippen LogP contribution in [0.2, 0.25) is 10.0 Å². The quantitative estimate of drug-likeness (QED) is 0.270. The van der Waals surface area contributed by atoms with E-state index in [1.807, 2.05) is 42.5 Å². The number of nitrogens with zero attached hydrogens (tertiary/aromatic N) is 1. The largest absolute Gasteiger partial charge is 0.489 e. The van der Waals surface area contributed by atoms with Crippen molar-refractivity contribution in [1.29, 1.82) is 0 Å². The van der Waals surface area contributed by atoms with E-state index >= 15 is 0 Å². The molecule has 0 atom stereocenters. The summed E-state index contributed by atoms with van der Waals surface area (Å²) in [6.07, 6.45) is 1.56. The van der Waals surface area contributed by atoms with Gasteiger partial charge in [0.1, 0.15) is 12.4 Å². The van der Waals surface area contributed by atoms with E-state index in [0.29, 0.717) is 22.2 Å². The maximum Gasteiger partial charge on any atom is 0.271 e. The van der Waals surface area contributed by atoms with Gasteiger partial charge < -0.3 is 4.74 Å². The minimum Gasteiger partial charge on any atom is -0.489 e. The second-order valence-corrected chi connectivity index (χ2v) is 7.64. The highest BCUT2D eigenvalue weighted by Gasteiger charge is 2.07. The molecule has 0 aliphatic carbocycles. The molecule has 6 heteroatoms. The number of fused-ring (bicyclic) bond motifs is 1. The molecule has 0 saturated carbocycles. The second kappa shape index (κ2) is 9.65. The number of ether oxygens (including phenoxy) is 1. The Morgan fingerprint density at radius 2 is 1.68 bits per heavy atom. The standard InChI is InChI=1S/C25H18Cl2N2O2/c26-23-13-10-19(14-24(23)27)25(30)29-28-15-17-8-11-21(12-9-17)31-16-20-6-3-5-18-4-1-2-7-22(18)20/h1-15H,16H2,(H,29,30). The SMILES string of the molecule is O=C(NN=Cc1ccc(OCc2cccc3ccccc23)cc1)c1ccc(Cl)c(Cl)c1. The third kappa shape index (κ3) is 5.23. The fraction of sp³-hybridized carbons (Fsp3) is 0.0400. The maximum atomic E-state index is 12.1. The normalized spacial score (nSPS) is 11.0. The van der Waals surface area contributed by atoms with Crippen LogP contribution < -0.4 is 10.2 Å². The summed E-state index contributed by atoms with van der Waals surface area (Å²) in [6, 6.07) is 26.6. The molecule has 31 heavy (non-hydrogen) atoms. The van der Waals surface area contributed by atoms with Gasteiger partial charge in [-0.05, 0) is 64.4 Å². The highest BCUT2D eigenvalue weighted by atomic mass is 35.5. The molecule has 0 aliphatic heterocycles.